The molecule has 25 heavy (non-hydrogen) atoms. The monoisotopic (exact) mass is 345 g/mol. The van der Waals surface area contributed by atoms with E-state index in [-0.39, 0.29) is 5.92 Å². The molecule has 1 aromatic carbocycles. The Hall–Kier alpha value is -2.90. The summed E-state index contributed by atoms with van der Waals surface area (Å²) in [6.07, 6.45) is 1.75. The van der Waals surface area contributed by atoms with Crippen molar-refractivity contribution in [3.63, 3.8) is 0 Å². The van der Waals surface area contributed by atoms with Gasteiger partial charge in [-0.25, -0.2) is 4.79 Å². The fourth-order valence-electron chi connectivity index (χ4n) is 2.84. The van der Waals surface area contributed by atoms with Gasteiger partial charge in [-0.1, -0.05) is 18.2 Å². The number of hydrogen-bond donors (Lipinski definition) is 2. The number of rotatable bonds is 6. The van der Waals surface area contributed by atoms with Crippen LogP contribution in [0.3, 0.4) is 0 Å². The van der Waals surface area contributed by atoms with Crippen LogP contribution in [0, 0.1) is 5.92 Å². The lowest BCUT2D eigenvalue weighted by Crippen LogP contribution is -2.46. The average molecular weight is 345 g/mol. The quantitative estimate of drug-likeness (QED) is 0.588. The summed E-state index contributed by atoms with van der Waals surface area (Å²) in [5.74, 6) is -1.63. The molecule has 0 spiro atoms. The van der Waals surface area contributed by atoms with Crippen molar-refractivity contribution in [2.75, 3.05) is 18.5 Å². The minimum atomic E-state index is -0.942. The van der Waals surface area contributed by atoms with Crippen LogP contribution in [-0.4, -0.2) is 47.4 Å². The van der Waals surface area contributed by atoms with Gasteiger partial charge in [0.15, 0.2) is 6.61 Å². The first-order valence-electron chi connectivity index (χ1n) is 8.05. The molecule has 0 aromatic heterocycles. The fourth-order valence-corrected chi connectivity index (χ4v) is 2.84. The van der Waals surface area contributed by atoms with Gasteiger partial charge in [0.25, 0.3) is 11.8 Å². The first-order valence-corrected chi connectivity index (χ1v) is 8.05. The molecule has 1 aromatic rings. The van der Waals surface area contributed by atoms with Crippen molar-refractivity contribution in [1.29, 1.82) is 0 Å². The molecule has 1 aliphatic carbocycles. The molecule has 4 amide bonds. The standard InChI is InChI=1S/C17H19N3O5/c1-17(11-7-8-11)15(23)20(16(24)19-17)9-14(22)25-10-13(21)18-12-5-3-2-4-6-12/h2-6,11H,7-10H2,1H3,(H,18,21)(H,19,24)/t17-/m1/s1. The first-order chi connectivity index (χ1) is 11.9. The van der Waals surface area contributed by atoms with Crippen LogP contribution in [-0.2, 0) is 19.1 Å². The van der Waals surface area contributed by atoms with Gasteiger partial charge in [-0.05, 0) is 37.8 Å². The topological polar surface area (TPSA) is 105 Å². The second kappa shape index (κ2) is 6.54. The van der Waals surface area contributed by atoms with E-state index in [0.29, 0.717) is 5.69 Å². The van der Waals surface area contributed by atoms with E-state index in [0.717, 1.165) is 17.7 Å². The van der Waals surface area contributed by atoms with Gasteiger partial charge in [0.1, 0.15) is 12.1 Å². The van der Waals surface area contributed by atoms with E-state index in [2.05, 4.69) is 10.6 Å². The first kappa shape index (κ1) is 16.9. The highest BCUT2D eigenvalue weighted by Crippen LogP contribution is 2.42. The number of ether oxygens (including phenoxy) is 1. The minimum absolute atomic E-state index is 0.113. The molecule has 132 valence electrons. The molecule has 2 aliphatic rings. The lowest BCUT2D eigenvalue weighted by Gasteiger charge is -2.20. The number of benzene rings is 1. The molecule has 0 unspecified atom stereocenters. The number of carbonyl (C=O) groups is 4. The third-order valence-electron chi connectivity index (χ3n) is 4.40. The van der Waals surface area contributed by atoms with Crippen LogP contribution in [0.15, 0.2) is 30.3 Å². The Morgan fingerprint density at radius 2 is 1.96 bits per heavy atom. The van der Waals surface area contributed by atoms with Crippen molar-refractivity contribution < 1.29 is 23.9 Å². The number of urea groups is 1. The summed E-state index contributed by atoms with van der Waals surface area (Å²) >= 11 is 0. The highest BCUT2D eigenvalue weighted by Gasteiger charge is 2.56. The minimum Gasteiger partial charge on any atom is -0.454 e. The highest BCUT2D eigenvalue weighted by atomic mass is 16.5. The van der Waals surface area contributed by atoms with Gasteiger partial charge in [0, 0.05) is 5.69 Å². The molecule has 1 aliphatic heterocycles. The van der Waals surface area contributed by atoms with Crippen LogP contribution in [0.2, 0.25) is 0 Å². The molecular formula is C17H19N3O5. The number of nitrogens with one attached hydrogen (secondary N) is 2. The van der Waals surface area contributed by atoms with Gasteiger partial charge in [-0.15, -0.1) is 0 Å². The predicted octanol–water partition coefficient (Wildman–Crippen LogP) is 0.889. The second-order valence-electron chi connectivity index (χ2n) is 6.37. The summed E-state index contributed by atoms with van der Waals surface area (Å²) < 4.78 is 4.85. The smallest absolute Gasteiger partial charge is 0.326 e. The molecule has 8 heteroatoms. The third kappa shape index (κ3) is 3.62. The Bertz CT molecular complexity index is 716. The van der Waals surface area contributed by atoms with Gasteiger partial charge in [-0.3, -0.25) is 19.3 Å². The molecule has 1 atom stereocenters. The molecule has 1 saturated carbocycles. The van der Waals surface area contributed by atoms with Crippen molar-refractivity contribution in [2.45, 2.75) is 25.3 Å². The van der Waals surface area contributed by atoms with Crippen molar-refractivity contribution in [3.05, 3.63) is 30.3 Å². The maximum Gasteiger partial charge on any atom is 0.326 e. The zero-order chi connectivity index (χ0) is 18.0. The summed E-state index contributed by atoms with van der Waals surface area (Å²) in [6.45, 7) is 0.673. The normalized spacial score (nSPS) is 22.5. The summed E-state index contributed by atoms with van der Waals surface area (Å²) in [5, 5.41) is 5.21. The summed E-state index contributed by atoms with van der Waals surface area (Å²) in [7, 11) is 0. The lowest BCUT2D eigenvalue weighted by atomic mass is 9.96. The van der Waals surface area contributed by atoms with E-state index in [1.54, 1.807) is 31.2 Å². The molecule has 1 saturated heterocycles. The van der Waals surface area contributed by atoms with Crippen LogP contribution < -0.4 is 10.6 Å². The van der Waals surface area contributed by atoms with Crippen LogP contribution in [0.4, 0.5) is 10.5 Å². The van der Waals surface area contributed by atoms with Crippen molar-refractivity contribution in [2.24, 2.45) is 5.92 Å². The molecule has 8 nitrogen and oxygen atoms in total. The maximum atomic E-state index is 12.4. The Labute approximate surface area is 144 Å². The van der Waals surface area contributed by atoms with E-state index in [4.69, 9.17) is 4.74 Å². The Morgan fingerprint density at radius 3 is 2.60 bits per heavy atom. The molecule has 2 N–H and O–H groups in total. The van der Waals surface area contributed by atoms with E-state index in [1.165, 1.54) is 0 Å². The van der Waals surface area contributed by atoms with Crippen LogP contribution >= 0.6 is 0 Å². The number of para-hydroxylation sites is 1. The lowest BCUT2D eigenvalue weighted by molar-refractivity contribution is -0.150. The zero-order valence-electron chi connectivity index (χ0n) is 13.8. The summed E-state index contributed by atoms with van der Waals surface area (Å²) in [5.41, 5.74) is -0.361. The van der Waals surface area contributed by atoms with Crippen LogP contribution in [0.5, 0.6) is 0 Å². The zero-order valence-corrected chi connectivity index (χ0v) is 13.8. The van der Waals surface area contributed by atoms with Crippen LogP contribution in [0.1, 0.15) is 19.8 Å². The highest BCUT2D eigenvalue weighted by molar-refractivity contribution is 6.09. The predicted molar refractivity (Wildman–Crippen MR) is 87.4 cm³/mol. The Balaban J connectivity index is 1.48. The number of anilines is 1. The molecule has 2 fully saturated rings. The number of amides is 4. The summed E-state index contributed by atoms with van der Waals surface area (Å²) in [4.78, 5) is 48.8. The fraction of sp³-hybridized carbons (Fsp3) is 0.412. The van der Waals surface area contributed by atoms with E-state index in [9.17, 15) is 19.2 Å². The Morgan fingerprint density at radius 1 is 1.28 bits per heavy atom. The molecule has 1 heterocycles. The van der Waals surface area contributed by atoms with Crippen molar-refractivity contribution in [3.8, 4) is 0 Å². The van der Waals surface area contributed by atoms with Gasteiger partial charge >= 0.3 is 12.0 Å². The van der Waals surface area contributed by atoms with Gasteiger partial charge in [0.05, 0.1) is 0 Å². The number of carbonyl (C=O) groups excluding carboxylic acids is 4. The van der Waals surface area contributed by atoms with E-state index < -0.39 is 42.5 Å². The number of nitrogens with zero attached hydrogens (tertiary/aromatic N) is 1. The number of hydrogen-bond acceptors (Lipinski definition) is 5. The van der Waals surface area contributed by atoms with Gasteiger partial charge < -0.3 is 15.4 Å². The molecule has 0 radical (unpaired) electrons. The third-order valence-corrected chi connectivity index (χ3v) is 4.40. The van der Waals surface area contributed by atoms with E-state index in [1.807, 2.05) is 6.07 Å². The SMILES string of the molecule is C[C@]1(C2CC2)NC(=O)N(CC(=O)OCC(=O)Nc2ccccc2)C1=O. The van der Waals surface area contributed by atoms with E-state index >= 15 is 0 Å². The van der Waals surface area contributed by atoms with Gasteiger partial charge in [0.2, 0.25) is 0 Å². The summed E-state index contributed by atoms with van der Waals surface area (Å²) in [6, 6.07) is 8.12. The van der Waals surface area contributed by atoms with Crippen molar-refractivity contribution in [1.82, 2.24) is 10.2 Å². The number of imide groups is 1. The maximum absolute atomic E-state index is 12.4. The molecular weight excluding hydrogens is 326 g/mol. The van der Waals surface area contributed by atoms with Crippen molar-refractivity contribution >= 4 is 29.5 Å². The van der Waals surface area contributed by atoms with Gasteiger partial charge in [-0.2, -0.15) is 0 Å². The van der Waals surface area contributed by atoms with Crippen LogP contribution in [0.25, 0.3) is 0 Å². The largest absolute Gasteiger partial charge is 0.454 e. The average Bonchev–Trinajstić information content (AvgIpc) is 3.40. The second-order valence-corrected chi connectivity index (χ2v) is 6.37. The molecule has 3 rings (SSSR count). The Kier molecular flexibility index (Phi) is 4.43. The molecule has 0 bridgehead atoms. The number of esters is 1.